The molecule has 0 fully saturated rings. The van der Waals surface area contributed by atoms with Gasteiger partial charge in [-0.05, 0) is 31.6 Å². The summed E-state index contributed by atoms with van der Waals surface area (Å²) in [6.07, 6.45) is 8.49. The van der Waals surface area contributed by atoms with Gasteiger partial charge in [0, 0.05) is 0 Å². The van der Waals surface area contributed by atoms with Crippen LogP contribution in [-0.4, -0.2) is 18.1 Å². The minimum Gasteiger partial charge on any atom is -0.134 e. The lowest BCUT2D eigenvalue weighted by atomic mass is 10.2. The summed E-state index contributed by atoms with van der Waals surface area (Å²) in [7, 11) is 0.340. The molecular weight excluding hydrogens is 183 g/mol. The maximum Gasteiger partial charge on any atom is -0.00258 e. The van der Waals surface area contributed by atoms with Crippen molar-refractivity contribution in [2.45, 2.75) is 46.5 Å². The predicted octanol–water partition coefficient (Wildman–Crippen LogP) is 4.74. The fourth-order valence-corrected chi connectivity index (χ4v) is 4.79. The number of unbranched alkanes of at least 4 members (excludes halogenated alkanes) is 3. The maximum atomic E-state index is 2.33. The SMILES string of the molecule is CCCCCCSP(CC)CC. The van der Waals surface area contributed by atoms with E-state index < -0.39 is 0 Å². The van der Waals surface area contributed by atoms with Crippen molar-refractivity contribution < 1.29 is 0 Å². The molecule has 0 amide bonds. The third-order valence-electron chi connectivity index (χ3n) is 1.98. The van der Waals surface area contributed by atoms with Gasteiger partial charge in [0.1, 0.15) is 0 Å². The van der Waals surface area contributed by atoms with Crippen LogP contribution in [-0.2, 0) is 0 Å². The van der Waals surface area contributed by atoms with Gasteiger partial charge in [-0.25, -0.2) is 0 Å². The molecule has 0 aromatic rings. The van der Waals surface area contributed by atoms with Gasteiger partial charge < -0.3 is 0 Å². The van der Waals surface area contributed by atoms with Crippen LogP contribution >= 0.6 is 18.5 Å². The lowest BCUT2D eigenvalue weighted by Gasteiger charge is -2.11. The highest BCUT2D eigenvalue weighted by Crippen LogP contribution is 2.49. The fraction of sp³-hybridized carbons (Fsp3) is 1.00. The van der Waals surface area contributed by atoms with Gasteiger partial charge in [0.2, 0.25) is 0 Å². The molecule has 0 heterocycles. The molecular formula is C10H23PS. The molecule has 0 bridgehead atoms. The topological polar surface area (TPSA) is 0 Å². The highest BCUT2D eigenvalue weighted by molar-refractivity contribution is 8.55. The Kier molecular flexibility index (Phi) is 10.5. The zero-order valence-electron chi connectivity index (χ0n) is 8.81. The van der Waals surface area contributed by atoms with Crippen molar-refractivity contribution in [1.82, 2.24) is 0 Å². The van der Waals surface area contributed by atoms with Gasteiger partial charge in [-0.1, -0.05) is 40.0 Å². The van der Waals surface area contributed by atoms with Gasteiger partial charge in [-0.3, -0.25) is 0 Å². The van der Waals surface area contributed by atoms with Gasteiger partial charge >= 0.3 is 0 Å². The van der Waals surface area contributed by atoms with E-state index in [0.717, 1.165) is 0 Å². The van der Waals surface area contributed by atoms with Crippen LogP contribution in [0.1, 0.15) is 46.5 Å². The lowest BCUT2D eigenvalue weighted by Crippen LogP contribution is -1.82. The van der Waals surface area contributed by atoms with Crippen molar-refractivity contribution >= 4 is 18.5 Å². The van der Waals surface area contributed by atoms with Crippen LogP contribution < -0.4 is 0 Å². The molecule has 0 saturated heterocycles. The molecule has 0 nitrogen and oxygen atoms in total. The first-order valence-electron chi connectivity index (χ1n) is 5.23. The Morgan fingerprint density at radius 1 is 0.917 bits per heavy atom. The zero-order chi connectivity index (χ0) is 9.23. The van der Waals surface area contributed by atoms with E-state index >= 15 is 0 Å². The van der Waals surface area contributed by atoms with Crippen molar-refractivity contribution in [2.24, 2.45) is 0 Å². The van der Waals surface area contributed by atoms with Gasteiger partial charge in [0.15, 0.2) is 0 Å². The van der Waals surface area contributed by atoms with E-state index in [0.29, 0.717) is 7.12 Å². The van der Waals surface area contributed by atoms with Gasteiger partial charge in [0.05, 0.1) is 0 Å². The Morgan fingerprint density at radius 2 is 1.58 bits per heavy atom. The number of hydrogen-bond acceptors (Lipinski definition) is 1. The van der Waals surface area contributed by atoms with Gasteiger partial charge in [-0.15, -0.1) is 11.4 Å². The third-order valence-corrected chi connectivity index (χ3v) is 7.42. The summed E-state index contributed by atoms with van der Waals surface area (Å²) < 4.78 is 0. The van der Waals surface area contributed by atoms with E-state index in [9.17, 15) is 0 Å². The van der Waals surface area contributed by atoms with Crippen LogP contribution in [0.4, 0.5) is 0 Å². The molecule has 0 atom stereocenters. The second-order valence-corrected chi connectivity index (χ2v) is 8.23. The number of hydrogen-bond donors (Lipinski definition) is 0. The second kappa shape index (κ2) is 9.86. The molecule has 0 radical (unpaired) electrons. The first kappa shape index (κ1) is 12.8. The molecule has 0 aliphatic carbocycles. The Morgan fingerprint density at radius 3 is 2.08 bits per heavy atom. The van der Waals surface area contributed by atoms with E-state index in [2.05, 4.69) is 32.2 Å². The van der Waals surface area contributed by atoms with E-state index in [1.807, 2.05) is 0 Å². The minimum absolute atomic E-state index is 0.340. The van der Waals surface area contributed by atoms with E-state index in [-0.39, 0.29) is 0 Å². The summed E-state index contributed by atoms with van der Waals surface area (Å²) in [5.74, 6) is 1.41. The molecule has 2 heteroatoms. The lowest BCUT2D eigenvalue weighted by molar-refractivity contribution is 0.707. The van der Waals surface area contributed by atoms with Crippen molar-refractivity contribution in [2.75, 3.05) is 18.1 Å². The molecule has 0 rings (SSSR count). The average molecular weight is 206 g/mol. The summed E-state index contributed by atoms with van der Waals surface area (Å²) in [5, 5.41) is 0. The molecule has 0 aromatic heterocycles. The highest BCUT2D eigenvalue weighted by Gasteiger charge is 2.01. The molecule has 12 heavy (non-hydrogen) atoms. The van der Waals surface area contributed by atoms with Crippen LogP contribution in [0.2, 0.25) is 0 Å². The van der Waals surface area contributed by atoms with Crippen LogP contribution in [0.15, 0.2) is 0 Å². The fourth-order valence-electron chi connectivity index (χ4n) is 1.13. The van der Waals surface area contributed by atoms with E-state index in [1.165, 1.54) is 43.8 Å². The van der Waals surface area contributed by atoms with Crippen molar-refractivity contribution in [1.29, 1.82) is 0 Å². The van der Waals surface area contributed by atoms with Crippen LogP contribution in [0.25, 0.3) is 0 Å². The maximum absolute atomic E-state index is 2.33. The van der Waals surface area contributed by atoms with Crippen molar-refractivity contribution in [3.63, 3.8) is 0 Å². The molecule has 74 valence electrons. The first-order chi connectivity index (χ1) is 5.85. The van der Waals surface area contributed by atoms with Crippen molar-refractivity contribution in [3.05, 3.63) is 0 Å². The Labute approximate surface area is 83.4 Å². The Bertz CT molecular complexity index is 81.9. The molecule has 0 aliphatic rings. The van der Waals surface area contributed by atoms with Gasteiger partial charge in [0.25, 0.3) is 0 Å². The normalized spacial score (nSPS) is 11.0. The van der Waals surface area contributed by atoms with Crippen molar-refractivity contribution in [3.8, 4) is 0 Å². The number of rotatable bonds is 8. The Hall–Kier alpha value is 0.780. The average Bonchev–Trinajstić information content (AvgIpc) is 2.11. The monoisotopic (exact) mass is 206 g/mol. The molecule has 0 aliphatic heterocycles. The summed E-state index contributed by atoms with van der Waals surface area (Å²) in [5.41, 5.74) is 0. The molecule has 0 N–H and O–H groups in total. The van der Waals surface area contributed by atoms with Crippen LogP contribution in [0.3, 0.4) is 0 Å². The first-order valence-corrected chi connectivity index (χ1v) is 8.53. The Balaban J connectivity index is 3.06. The summed E-state index contributed by atoms with van der Waals surface area (Å²) in [6, 6.07) is 0. The molecule has 0 unspecified atom stereocenters. The van der Waals surface area contributed by atoms with Gasteiger partial charge in [-0.2, -0.15) is 0 Å². The van der Waals surface area contributed by atoms with E-state index in [1.54, 1.807) is 0 Å². The van der Waals surface area contributed by atoms with Crippen LogP contribution in [0, 0.1) is 0 Å². The second-order valence-electron chi connectivity index (χ2n) is 3.01. The summed E-state index contributed by atoms with van der Waals surface area (Å²) >= 11 is 2.24. The van der Waals surface area contributed by atoms with Crippen LogP contribution in [0.5, 0.6) is 0 Å². The zero-order valence-corrected chi connectivity index (χ0v) is 10.5. The molecule has 0 aromatic carbocycles. The highest BCUT2D eigenvalue weighted by atomic mass is 32.7. The molecule has 0 saturated carbocycles. The predicted molar refractivity (Wildman–Crippen MR) is 64.6 cm³/mol. The molecule has 0 spiro atoms. The quantitative estimate of drug-likeness (QED) is 0.408. The minimum atomic E-state index is 0.340. The smallest absolute Gasteiger partial charge is 0.00258 e. The summed E-state index contributed by atoms with van der Waals surface area (Å²) in [6.45, 7) is 6.93. The van der Waals surface area contributed by atoms with E-state index in [4.69, 9.17) is 0 Å². The standard InChI is InChI=1S/C10H23PS/c1-4-7-8-9-10-12-11(5-2)6-3/h4-10H2,1-3H3. The summed E-state index contributed by atoms with van der Waals surface area (Å²) in [4.78, 5) is 0. The largest absolute Gasteiger partial charge is 0.134 e. The third kappa shape index (κ3) is 7.43.